The molecule has 0 bridgehead atoms. The molecule has 1 aromatic carbocycles. The van der Waals surface area contributed by atoms with Crippen molar-refractivity contribution < 1.29 is 14.1 Å². The van der Waals surface area contributed by atoms with Crippen LogP contribution in [-0.2, 0) is 16.0 Å². The maximum atomic E-state index is 13.9. The molecule has 5 atom stereocenters. The summed E-state index contributed by atoms with van der Waals surface area (Å²) in [5.74, 6) is -0.128. The minimum Gasteiger partial charge on any atom is -0.632 e. The molecule has 0 aromatic heterocycles. The average molecular weight is 319 g/mol. The van der Waals surface area contributed by atoms with E-state index in [9.17, 15) is 5.21 Å². The first-order valence-corrected chi connectivity index (χ1v) is 8.71. The summed E-state index contributed by atoms with van der Waals surface area (Å²) in [6, 6.07) is 9.87. The number of benzene rings is 1. The molecule has 23 heavy (non-hydrogen) atoms. The molecule has 2 aliphatic rings. The van der Waals surface area contributed by atoms with Gasteiger partial charge in [0.1, 0.15) is 30.8 Å². The Labute approximate surface area is 139 Å². The van der Waals surface area contributed by atoms with E-state index in [0.717, 1.165) is 12.0 Å². The van der Waals surface area contributed by atoms with Crippen LogP contribution in [-0.4, -0.2) is 34.7 Å². The second-order valence-electron chi connectivity index (χ2n) is 8.00. The molecular weight excluding hydrogens is 290 g/mol. The topological polar surface area (TPSA) is 41.5 Å². The number of nitrogens with zero attached hydrogens (tertiary/aromatic N) is 1. The summed E-state index contributed by atoms with van der Waals surface area (Å²) < 4.78 is 12.0. The second-order valence-corrected chi connectivity index (χ2v) is 8.00. The van der Waals surface area contributed by atoms with Crippen molar-refractivity contribution in [1.29, 1.82) is 0 Å². The number of ether oxygens (including phenoxy) is 2. The van der Waals surface area contributed by atoms with Crippen molar-refractivity contribution in [3.63, 3.8) is 0 Å². The van der Waals surface area contributed by atoms with Crippen LogP contribution in [0.3, 0.4) is 0 Å². The zero-order valence-corrected chi connectivity index (χ0v) is 14.9. The lowest BCUT2D eigenvalue weighted by atomic mass is 9.98. The molecule has 2 heterocycles. The molecule has 0 aliphatic carbocycles. The van der Waals surface area contributed by atoms with Crippen molar-refractivity contribution in [3.05, 3.63) is 41.1 Å². The summed E-state index contributed by atoms with van der Waals surface area (Å²) in [6.45, 7) is 10.7. The van der Waals surface area contributed by atoms with Gasteiger partial charge < -0.3 is 19.3 Å². The monoisotopic (exact) mass is 319 g/mol. The van der Waals surface area contributed by atoms with Crippen LogP contribution in [0.4, 0.5) is 0 Å². The van der Waals surface area contributed by atoms with Crippen LogP contribution >= 0.6 is 0 Å². The highest BCUT2D eigenvalue weighted by Crippen LogP contribution is 2.46. The van der Waals surface area contributed by atoms with Crippen LogP contribution in [0.5, 0.6) is 0 Å². The maximum Gasteiger partial charge on any atom is 0.164 e. The van der Waals surface area contributed by atoms with Crippen LogP contribution in [0.25, 0.3) is 0 Å². The molecule has 0 unspecified atom stereocenters. The van der Waals surface area contributed by atoms with E-state index < -0.39 is 5.79 Å². The van der Waals surface area contributed by atoms with Gasteiger partial charge in [0.15, 0.2) is 5.79 Å². The summed E-state index contributed by atoms with van der Waals surface area (Å²) in [7, 11) is 0. The van der Waals surface area contributed by atoms with Crippen LogP contribution < -0.4 is 0 Å². The Morgan fingerprint density at radius 1 is 1.13 bits per heavy atom. The SMILES string of the molecule is CC(C)C[C@@H]1[C@@H]2OC(C)(C)O[C@@H]2[C@@H](C)[N@@+]1([O-])Cc1ccccc1. The Hall–Kier alpha value is -0.940. The minimum atomic E-state index is -0.586. The zero-order chi connectivity index (χ0) is 16.8. The van der Waals surface area contributed by atoms with E-state index >= 15 is 0 Å². The average Bonchev–Trinajstić information content (AvgIpc) is 2.87. The second kappa shape index (κ2) is 5.85. The summed E-state index contributed by atoms with van der Waals surface area (Å²) in [5.41, 5.74) is 1.09. The van der Waals surface area contributed by atoms with Gasteiger partial charge in [-0.15, -0.1) is 0 Å². The molecule has 2 saturated heterocycles. The van der Waals surface area contributed by atoms with Gasteiger partial charge in [0.2, 0.25) is 0 Å². The molecule has 0 amide bonds. The molecule has 4 nitrogen and oxygen atoms in total. The predicted octanol–water partition coefficient (Wildman–Crippen LogP) is 3.84. The van der Waals surface area contributed by atoms with Gasteiger partial charge in [-0.05, 0) is 26.7 Å². The first kappa shape index (κ1) is 16.9. The quantitative estimate of drug-likeness (QED) is 0.625. The van der Waals surface area contributed by atoms with Gasteiger partial charge >= 0.3 is 0 Å². The highest BCUT2D eigenvalue weighted by molar-refractivity contribution is 5.14. The third-order valence-corrected chi connectivity index (χ3v) is 5.25. The first-order chi connectivity index (χ1) is 10.7. The highest BCUT2D eigenvalue weighted by atomic mass is 16.8. The summed E-state index contributed by atoms with van der Waals surface area (Å²) in [6.07, 6.45) is 0.639. The number of hydroxylamine groups is 3. The number of hydrogen-bond donors (Lipinski definition) is 0. The lowest BCUT2D eigenvalue weighted by Crippen LogP contribution is -2.54. The Balaban J connectivity index is 1.91. The smallest absolute Gasteiger partial charge is 0.164 e. The van der Waals surface area contributed by atoms with E-state index in [0.29, 0.717) is 12.5 Å². The number of likely N-dealkylation sites (tertiary alicyclic amines) is 1. The fourth-order valence-electron chi connectivity index (χ4n) is 4.21. The predicted molar refractivity (Wildman–Crippen MR) is 90.3 cm³/mol. The largest absolute Gasteiger partial charge is 0.632 e. The lowest BCUT2D eigenvalue weighted by molar-refractivity contribution is -0.931. The molecule has 0 radical (unpaired) electrons. The summed E-state index contributed by atoms with van der Waals surface area (Å²) in [5, 5.41) is 13.9. The molecule has 2 fully saturated rings. The van der Waals surface area contributed by atoms with Gasteiger partial charge in [-0.25, -0.2) is 0 Å². The molecule has 0 saturated carbocycles. The van der Waals surface area contributed by atoms with Crippen molar-refractivity contribution >= 4 is 0 Å². The Morgan fingerprint density at radius 3 is 2.35 bits per heavy atom. The maximum absolute atomic E-state index is 13.9. The zero-order valence-electron chi connectivity index (χ0n) is 14.9. The summed E-state index contributed by atoms with van der Waals surface area (Å²) >= 11 is 0. The van der Waals surface area contributed by atoms with Gasteiger partial charge in [-0.1, -0.05) is 44.2 Å². The Bertz CT molecular complexity index is 545. The molecular formula is C19H29NO3. The van der Waals surface area contributed by atoms with Crippen LogP contribution in [0.1, 0.15) is 46.6 Å². The number of hydrogen-bond acceptors (Lipinski definition) is 3. The molecule has 3 rings (SSSR count). The Kier molecular flexibility index (Phi) is 4.30. The van der Waals surface area contributed by atoms with E-state index in [1.807, 2.05) is 51.1 Å². The van der Waals surface area contributed by atoms with E-state index in [1.165, 1.54) is 0 Å². The third kappa shape index (κ3) is 3.05. The molecule has 0 N–H and O–H groups in total. The number of rotatable bonds is 4. The normalized spacial score (nSPS) is 38.9. The van der Waals surface area contributed by atoms with Crippen molar-refractivity contribution in [2.45, 2.75) is 77.7 Å². The van der Waals surface area contributed by atoms with E-state index in [1.54, 1.807) is 0 Å². The third-order valence-electron chi connectivity index (χ3n) is 5.25. The van der Waals surface area contributed by atoms with E-state index in [2.05, 4.69) is 13.8 Å². The van der Waals surface area contributed by atoms with Gasteiger partial charge in [-0.2, -0.15) is 0 Å². The van der Waals surface area contributed by atoms with Crippen LogP contribution in [0.2, 0.25) is 0 Å². The van der Waals surface area contributed by atoms with Crippen LogP contribution in [0, 0.1) is 11.1 Å². The van der Waals surface area contributed by atoms with Crippen molar-refractivity contribution in [1.82, 2.24) is 0 Å². The fourth-order valence-corrected chi connectivity index (χ4v) is 4.21. The molecule has 1 aromatic rings. The van der Waals surface area contributed by atoms with Gasteiger partial charge in [0.25, 0.3) is 0 Å². The summed E-state index contributed by atoms with van der Waals surface area (Å²) in [4.78, 5) is 0. The molecule has 0 spiro atoms. The van der Waals surface area contributed by atoms with Crippen molar-refractivity contribution in [2.75, 3.05) is 0 Å². The highest BCUT2D eigenvalue weighted by Gasteiger charge is 2.62. The minimum absolute atomic E-state index is 0.0722. The molecule has 4 heteroatoms. The van der Waals surface area contributed by atoms with E-state index in [-0.39, 0.29) is 28.9 Å². The number of fused-ring (bicyclic) bond motifs is 1. The van der Waals surface area contributed by atoms with Crippen LogP contribution in [0.15, 0.2) is 30.3 Å². The van der Waals surface area contributed by atoms with Gasteiger partial charge in [0, 0.05) is 12.0 Å². The van der Waals surface area contributed by atoms with Crippen molar-refractivity contribution in [3.8, 4) is 0 Å². The first-order valence-electron chi connectivity index (χ1n) is 8.71. The lowest BCUT2D eigenvalue weighted by Gasteiger charge is -2.49. The molecule has 128 valence electrons. The fraction of sp³-hybridized carbons (Fsp3) is 0.684. The van der Waals surface area contributed by atoms with Gasteiger partial charge in [0.05, 0.1) is 0 Å². The standard InChI is InChI=1S/C19H29NO3/c1-13(2)11-16-18-17(22-19(4,5)23-18)14(3)20(16,21)12-15-9-7-6-8-10-15/h6-10,13-14,16-18H,11-12H2,1-5H3/t14-,16-,17-,18+,20+/m1/s1. The molecule has 2 aliphatic heterocycles. The van der Waals surface area contributed by atoms with Gasteiger partial charge in [-0.3, -0.25) is 0 Å². The Morgan fingerprint density at radius 2 is 1.74 bits per heavy atom. The number of quaternary nitrogens is 1. The van der Waals surface area contributed by atoms with Crippen molar-refractivity contribution in [2.24, 2.45) is 5.92 Å². The van der Waals surface area contributed by atoms with E-state index in [4.69, 9.17) is 9.47 Å².